The smallest absolute Gasteiger partial charge is 0.247 e. The summed E-state index contributed by atoms with van der Waals surface area (Å²) in [5.74, 6) is 5.23. The van der Waals surface area contributed by atoms with Crippen molar-refractivity contribution in [2.24, 2.45) is 53.3 Å². The van der Waals surface area contributed by atoms with Crippen LogP contribution in [0.25, 0.3) is 0 Å². The molecule has 9 atom stereocenters. The van der Waals surface area contributed by atoms with Gasteiger partial charge in [0.2, 0.25) is 0 Å². The van der Waals surface area contributed by atoms with Gasteiger partial charge in [-0.2, -0.15) is 0 Å². The molecule has 1 heterocycles. The Morgan fingerprint density at radius 2 is 1.09 bits per heavy atom. The second-order valence-electron chi connectivity index (χ2n) is 13.0. The maximum absolute atomic E-state index is 13.7. The third-order valence-corrected chi connectivity index (χ3v) is 11.1. The van der Waals surface area contributed by atoms with Crippen LogP contribution in [0.2, 0.25) is 0 Å². The Hall–Kier alpha value is -1.59. The normalized spacial score (nSPS) is 40.6. The topological polar surface area (TPSA) is 66.0 Å². The SMILES string of the molecule is CCC1CC(C)C(Cn2c(=O)n(CC3CC4CCC3C4)c(=O)n(CC3CC4CCC3C4)c2=O)C1. The van der Waals surface area contributed by atoms with Gasteiger partial charge in [-0.1, -0.05) is 33.1 Å². The number of fused-ring (bicyclic) bond motifs is 4. The molecule has 4 bridgehead atoms. The van der Waals surface area contributed by atoms with Gasteiger partial charge >= 0.3 is 17.1 Å². The van der Waals surface area contributed by atoms with E-state index < -0.39 is 0 Å². The molecular weight excluding hydrogens is 426 g/mol. The molecule has 188 valence electrons. The van der Waals surface area contributed by atoms with Gasteiger partial charge in [0.15, 0.2) is 0 Å². The van der Waals surface area contributed by atoms with Crippen LogP contribution in [0.3, 0.4) is 0 Å². The van der Waals surface area contributed by atoms with Gasteiger partial charge in [0, 0.05) is 19.6 Å². The van der Waals surface area contributed by atoms with Crippen molar-refractivity contribution in [3.63, 3.8) is 0 Å². The average molecular weight is 470 g/mol. The van der Waals surface area contributed by atoms with Gasteiger partial charge in [0.25, 0.3) is 0 Å². The van der Waals surface area contributed by atoms with Crippen LogP contribution in [0, 0.1) is 53.3 Å². The minimum absolute atomic E-state index is 0.331. The second-order valence-corrected chi connectivity index (χ2v) is 13.0. The van der Waals surface area contributed by atoms with Crippen LogP contribution in [-0.4, -0.2) is 13.7 Å². The maximum atomic E-state index is 13.7. The molecule has 0 spiro atoms. The molecule has 5 aliphatic carbocycles. The largest absolute Gasteiger partial charge is 0.336 e. The van der Waals surface area contributed by atoms with E-state index in [0.29, 0.717) is 61.1 Å². The predicted molar refractivity (Wildman–Crippen MR) is 133 cm³/mol. The molecule has 9 unspecified atom stereocenters. The Bertz CT molecular complexity index is 1030. The molecule has 5 fully saturated rings. The zero-order valence-corrected chi connectivity index (χ0v) is 21.2. The van der Waals surface area contributed by atoms with Crippen molar-refractivity contribution in [1.29, 1.82) is 0 Å². The first-order chi connectivity index (χ1) is 16.4. The standard InChI is InChI=1S/C28H43N3O3/c1-3-18-8-17(2)23(9-18)14-29-26(32)30(15-24-12-19-4-6-21(24)10-19)28(34)31(27(29)33)16-25-13-20-5-7-22(25)11-20/h17-25H,3-16H2,1-2H3. The van der Waals surface area contributed by atoms with E-state index in [0.717, 1.165) is 37.5 Å². The van der Waals surface area contributed by atoms with E-state index in [-0.39, 0.29) is 17.1 Å². The zero-order valence-electron chi connectivity index (χ0n) is 21.2. The minimum Gasteiger partial charge on any atom is -0.247 e. The lowest BCUT2D eigenvalue weighted by Crippen LogP contribution is -2.56. The summed E-state index contributed by atoms with van der Waals surface area (Å²) < 4.78 is 4.44. The van der Waals surface area contributed by atoms with Crippen LogP contribution in [0.1, 0.15) is 84.5 Å². The van der Waals surface area contributed by atoms with Crippen molar-refractivity contribution < 1.29 is 0 Å². The van der Waals surface area contributed by atoms with E-state index in [1.807, 2.05) is 0 Å². The zero-order chi connectivity index (χ0) is 23.6. The summed E-state index contributed by atoms with van der Waals surface area (Å²) in [5.41, 5.74) is -1.01. The van der Waals surface area contributed by atoms with E-state index in [2.05, 4.69) is 13.8 Å². The van der Waals surface area contributed by atoms with Crippen LogP contribution in [-0.2, 0) is 19.6 Å². The lowest BCUT2D eigenvalue weighted by Gasteiger charge is -2.26. The molecule has 6 rings (SSSR count). The predicted octanol–water partition coefficient (Wildman–Crippen LogP) is 4.12. The van der Waals surface area contributed by atoms with Crippen molar-refractivity contribution in [2.45, 2.75) is 104 Å². The van der Waals surface area contributed by atoms with Crippen molar-refractivity contribution in [3.8, 4) is 0 Å². The highest BCUT2D eigenvalue weighted by atomic mass is 16.2. The molecule has 1 aromatic heterocycles. The molecule has 34 heavy (non-hydrogen) atoms. The van der Waals surface area contributed by atoms with Crippen molar-refractivity contribution in [3.05, 3.63) is 31.5 Å². The highest BCUT2D eigenvalue weighted by molar-refractivity contribution is 4.94. The average Bonchev–Trinajstić information content (AvgIpc) is 3.65. The molecule has 5 aliphatic rings. The number of nitrogens with zero attached hydrogens (tertiary/aromatic N) is 3. The molecule has 0 N–H and O–H groups in total. The fourth-order valence-corrected chi connectivity index (χ4v) is 9.12. The summed E-state index contributed by atoms with van der Waals surface area (Å²) in [5, 5.41) is 0. The maximum Gasteiger partial charge on any atom is 0.336 e. The first-order valence-electron chi connectivity index (χ1n) is 14.4. The van der Waals surface area contributed by atoms with E-state index in [9.17, 15) is 14.4 Å². The lowest BCUT2D eigenvalue weighted by molar-refractivity contribution is 0.250. The molecule has 0 radical (unpaired) electrons. The first kappa shape index (κ1) is 22.8. The molecular formula is C28H43N3O3. The monoisotopic (exact) mass is 469 g/mol. The van der Waals surface area contributed by atoms with Crippen LogP contribution in [0.4, 0.5) is 0 Å². The van der Waals surface area contributed by atoms with Crippen LogP contribution < -0.4 is 17.1 Å². The number of hydrogen-bond acceptors (Lipinski definition) is 3. The molecule has 0 aliphatic heterocycles. The Labute approximate surface area is 202 Å². The lowest BCUT2D eigenvalue weighted by atomic mass is 9.88. The van der Waals surface area contributed by atoms with E-state index in [1.165, 1.54) is 58.6 Å². The van der Waals surface area contributed by atoms with Crippen molar-refractivity contribution >= 4 is 0 Å². The quantitative estimate of drug-likeness (QED) is 0.603. The van der Waals surface area contributed by atoms with Gasteiger partial charge in [-0.05, 0) is 105 Å². The Balaban J connectivity index is 1.35. The van der Waals surface area contributed by atoms with E-state index in [4.69, 9.17) is 0 Å². The summed E-state index contributed by atoms with van der Waals surface area (Å²) in [7, 11) is 0. The van der Waals surface area contributed by atoms with Crippen LogP contribution in [0.15, 0.2) is 14.4 Å². The van der Waals surface area contributed by atoms with Crippen molar-refractivity contribution in [1.82, 2.24) is 13.7 Å². The minimum atomic E-state index is -0.339. The highest BCUT2D eigenvalue weighted by Gasteiger charge is 2.42. The van der Waals surface area contributed by atoms with Gasteiger partial charge in [-0.3, -0.25) is 0 Å². The number of rotatable bonds is 7. The third kappa shape index (κ3) is 3.87. The summed E-state index contributed by atoms with van der Waals surface area (Å²) >= 11 is 0. The number of hydrogen-bond donors (Lipinski definition) is 0. The van der Waals surface area contributed by atoms with Crippen LogP contribution in [0.5, 0.6) is 0 Å². The molecule has 0 aromatic carbocycles. The molecule has 0 amide bonds. The van der Waals surface area contributed by atoms with Crippen molar-refractivity contribution in [2.75, 3.05) is 0 Å². The fraction of sp³-hybridized carbons (Fsp3) is 0.893. The van der Waals surface area contributed by atoms with Gasteiger partial charge in [-0.15, -0.1) is 0 Å². The third-order valence-electron chi connectivity index (χ3n) is 11.1. The fourth-order valence-electron chi connectivity index (χ4n) is 9.12. The Morgan fingerprint density at radius 3 is 1.44 bits per heavy atom. The Morgan fingerprint density at radius 1 is 0.618 bits per heavy atom. The summed E-state index contributed by atoms with van der Waals surface area (Å²) in [4.78, 5) is 41.0. The van der Waals surface area contributed by atoms with Gasteiger partial charge < -0.3 is 0 Å². The molecule has 0 saturated heterocycles. The molecule has 5 saturated carbocycles. The highest BCUT2D eigenvalue weighted by Crippen LogP contribution is 2.49. The molecule has 1 aromatic rings. The molecule has 6 heteroatoms. The van der Waals surface area contributed by atoms with E-state index >= 15 is 0 Å². The van der Waals surface area contributed by atoms with Gasteiger partial charge in [0.1, 0.15) is 0 Å². The Kier molecular flexibility index (Phi) is 5.92. The van der Waals surface area contributed by atoms with Crippen LogP contribution >= 0.6 is 0 Å². The van der Waals surface area contributed by atoms with Gasteiger partial charge in [-0.25, -0.2) is 28.1 Å². The van der Waals surface area contributed by atoms with E-state index in [1.54, 1.807) is 0 Å². The summed E-state index contributed by atoms with van der Waals surface area (Å²) in [6.07, 6.45) is 13.3. The number of aromatic nitrogens is 3. The second kappa shape index (κ2) is 8.81. The summed E-state index contributed by atoms with van der Waals surface area (Å²) in [6, 6.07) is 0. The van der Waals surface area contributed by atoms with Gasteiger partial charge in [0.05, 0.1) is 0 Å². The first-order valence-corrected chi connectivity index (χ1v) is 14.4. The summed E-state index contributed by atoms with van der Waals surface area (Å²) in [6.45, 7) is 6.00. The molecule has 6 nitrogen and oxygen atoms in total.